The van der Waals surface area contributed by atoms with Crippen LogP contribution in [-0.4, -0.2) is 23.2 Å². The highest BCUT2D eigenvalue weighted by molar-refractivity contribution is 7.94. The van der Waals surface area contributed by atoms with Crippen LogP contribution in [0.2, 0.25) is 4.34 Å². The summed E-state index contributed by atoms with van der Waals surface area (Å²) < 4.78 is 126. The molecule has 1 heterocycles. The monoisotopic (exact) mass is 624 g/mol. The third-order valence-corrected chi connectivity index (χ3v) is 9.41. The van der Waals surface area contributed by atoms with Crippen molar-refractivity contribution in [3.8, 4) is 16.9 Å². The Hall–Kier alpha value is -3.40. The third kappa shape index (κ3) is 6.79. The van der Waals surface area contributed by atoms with E-state index in [9.17, 15) is 38.8 Å². The van der Waals surface area contributed by atoms with E-state index in [-0.39, 0.29) is 19.8 Å². The topological polar surface area (TPSA) is 102 Å². The minimum Gasteiger partial charge on any atom is -0.406 e. The van der Waals surface area contributed by atoms with E-state index in [4.69, 9.17) is 11.6 Å². The summed E-state index contributed by atoms with van der Waals surface area (Å²) in [5.74, 6) is -2.61. The van der Waals surface area contributed by atoms with Gasteiger partial charge in [-0.1, -0.05) is 23.7 Å². The lowest BCUT2D eigenvalue weighted by Gasteiger charge is -2.16. The zero-order valence-corrected chi connectivity index (χ0v) is 22.2. The van der Waals surface area contributed by atoms with E-state index in [0.29, 0.717) is 0 Å². The number of alkyl halides is 3. The SMILES string of the molecule is O=S(=O)(Nc1cc(-c2c(F)cccc2F)ccc1NS(=O)(=O)c1ccc(Cl)s1)c1ccc(OC(F)(F)F)cc1. The average molecular weight is 625 g/mol. The summed E-state index contributed by atoms with van der Waals surface area (Å²) in [5.41, 5.74) is -1.40. The van der Waals surface area contributed by atoms with E-state index in [0.717, 1.165) is 65.9 Å². The maximum atomic E-state index is 14.4. The Kier molecular flexibility index (Phi) is 7.80. The Labute approximate surface area is 227 Å². The van der Waals surface area contributed by atoms with Crippen molar-refractivity contribution < 1.29 is 43.5 Å². The Morgan fingerprint density at radius 1 is 0.769 bits per heavy atom. The molecule has 0 unspecified atom stereocenters. The first-order valence-corrected chi connectivity index (χ1v) is 14.6. The molecule has 7 nitrogen and oxygen atoms in total. The molecule has 3 aromatic carbocycles. The number of thiophene rings is 1. The molecule has 4 aromatic rings. The van der Waals surface area contributed by atoms with Gasteiger partial charge in [-0.3, -0.25) is 9.44 Å². The minimum atomic E-state index is -5.00. The van der Waals surface area contributed by atoms with Crippen LogP contribution in [0.25, 0.3) is 11.1 Å². The molecule has 0 aliphatic rings. The molecule has 0 radical (unpaired) electrons. The first kappa shape index (κ1) is 28.6. The first-order chi connectivity index (χ1) is 18.1. The van der Waals surface area contributed by atoms with Crippen molar-refractivity contribution in [1.29, 1.82) is 0 Å². The second-order valence-corrected chi connectivity index (χ2v) is 13.0. The molecule has 4 rings (SSSR count). The number of hydrogen-bond acceptors (Lipinski definition) is 6. The standard InChI is InChI=1S/C23H14ClF5N2O5S3/c24-20-10-11-21(37-20)39(34,35)30-18-9-4-13(22-16(25)2-1-3-17(22)26)12-19(18)31-38(32,33)15-7-5-14(6-8-15)36-23(27,28)29/h1-12,30-31H. The van der Waals surface area contributed by atoms with Crippen LogP contribution >= 0.6 is 22.9 Å². The van der Waals surface area contributed by atoms with E-state index in [2.05, 4.69) is 14.2 Å². The van der Waals surface area contributed by atoms with Crippen LogP contribution in [0.1, 0.15) is 0 Å². The van der Waals surface area contributed by atoms with E-state index in [1.807, 2.05) is 0 Å². The maximum absolute atomic E-state index is 14.4. The van der Waals surface area contributed by atoms with Gasteiger partial charge in [0.2, 0.25) is 0 Å². The van der Waals surface area contributed by atoms with Crippen molar-refractivity contribution >= 4 is 54.4 Å². The van der Waals surface area contributed by atoms with Gasteiger partial charge >= 0.3 is 6.36 Å². The summed E-state index contributed by atoms with van der Waals surface area (Å²) in [6, 6.07) is 12.0. The number of ether oxygens (including phenoxy) is 1. The lowest BCUT2D eigenvalue weighted by molar-refractivity contribution is -0.274. The fourth-order valence-corrected chi connectivity index (χ4v) is 6.94. The van der Waals surface area contributed by atoms with Crippen LogP contribution in [0, 0.1) is 11.6 Å². The quantitative estimate of drug-likeness (QED) is 0.209. The largest absolute Gasteiger partial charge is 0.573 e. The van der Waals surface area contributed by atoms with Gasteiger partial charge in [-0.2, -0.15) is 0 Å². The maximum Gasteiger partial charge on any atom is 0.573 e. The van der Waals surface area contributed by atoms with Gasteiger partial charge in [-0.05, 0) is 66.2 Å². The lowest BCUT2D eigenvalue weighted by atomic mass is 10.0. The van der Waals surface area contributed by atoms with Crippen molar-refractivity contribution in [2.45, 2.75) is 15.5 Å². The Morgan fingerprint density at radius 3 is 1.95 bits per heavy atom. The van der Waals surface area contributed by atoms with Gasteiger partial charge in [-0.15, -0.1) is 24.5 Å². The van der Waals surface area contributed by atoms with Gasteiger partial charge in [0.05, 0.1) is 26.2 Å². The van der Waals surface area contributed by atoms with Crippen LogP contribution in [0.15, 0.2) is 81.9 Å². The second-order valence-electron chi connectivity index (χ2n) is 7.65. The summed E-state index contributed by atoms with van der Waals surface area (Å²) in [6.45, 7) is 0. The molecule has 0 aliphatic carbocycles. The van der Waals surface area contributed by atoms with Gasteiger partial charge < -0.3 is 4.74 Å². The van der Waals surface area contributed by atoms with Gasteiger partial charge in [0.1, 0.15) is 21.6 Å². The van der Waals surface area contributed by atoms with Crippen LogP contribution in [0.5, 0.6) is 5.75 Å². The predicted molar refractivity (Wildman–Crippen MR) is 136 cm³/mol. The number of halogens is 6. The molecule has 1 aromatic heterocycles. The summed E-state index contributed by atoms with van der Waals surface area (Å²) in [7, 11) is -8.83. The van der Waals surface area contributed by atoms with Gasteiger partial charge in [-0.25, -0.2) is 25.6 Å². The molecule has 0 fully saturated rings. The van der Waals surface area contributed by atoms with Gasteiger partial charge in [0, 0.05) is 0 Å². The van der Waals surface area contributed by atoms with Crippen LogP contribution in [-0.2, 0) is 20.0 Å². The Bertz CT molecular complexity index is 1720. The molecule has 16 heteroatoms. The van der Waals surface area contributed by atoms with Crippen molar-refractivity contribution in [1.82, 2.24) is 0 Å². The molecule has 0 atom stereocenters. The Balaban J connectivity index is 1.76. The van der Waals surface area contributed by atoms with E-state index in [1.54, 1.807) is 0 Å². The highest BCUT2D eigenvalue weighted by Gasteiger charge is 2.31. The van der Waals surface area contributed by atoms with Crippen molar-refractivity contribution in [2.75, 3.05) is 9.44 Å². The molecule has 0 spiro atoms. The van der Waals surface area contributed by atoms with Crippen molar-refractivity contribution in [3.05, 3.63) is 88.8 Å². The molecule has 2 N–H and O–H groups in total. The smallest absolute Gasteiger partial charge is 0.406 e. The molecule has 206 valence electrons. The molecular weight excluding hydrogens is 611 g/mol. The lowest BCUT2D eigenvalue weighted by Crippen LogP contribution is -2.18. The number of benzene rings is 3. The Morgan fingerprint density at radius 2 is 1.38 bits per heavy atom. The number of hydrogen-bond donors (Lipinski definition) is 2. The third-order valence-electron chi connectivity index (χ3n) is 4.94. The predicted octanol–water partition coefficient (Wildman–Crippen LogP) is 6.85. The highest BCUT2D eigenvalue weighted by atomic mass is 35.5. The first-order valence-electron chi connectivity index (χ1n) is 10.4. The summed E-state index contributed by atoms with van der Waals surface area (Å²) in [6.07, 6.45) is -5.00. The summed E-state index contributed by atoms with van der Waals surface area (Å²) in [4.78, 5) is -0.515. The van der Waals surface area contributed by atoms with E-state index < -0.39 is 59.9 Å². The van der Waals surface area contributed by atoms with Gasteiger partial charge in [0.15, 0.2) is 0 Å². The van der Waals surface area contributed by atoms with Crippen LogP contribution in [0.3, 0.4) is 0 Å². The fourth-order valence-electron chi connectivity index (χ4n) is 3.31. The summed E-state index contributed by atoms with van der Waals surface area (Å²) >= 11 is 6.54. The second kappa shape index (κ2) is 10.6. The van der Waals surface area contributed by atoms with Crippen molar-refractivity contribution in [2.24, 2.45) is 0 Å². The minimum absolute atomic E-state index is 0.139. The zero-order chi connectivity index (χ0) is 28.6. The fraction of sp³-hybridized carbons (Fsp3) is 0.0435. The zero-order valence-electron chi connectivity index (χ0n) is 19.0. The molecular formula is C23H14ClF5N2O5S3. The van der Waals surface area contributed by atoms with E-state index in [1.165, 1.54) is 18.2 Å². The highest BCUT2D eigenvalue weighted by Crippen LogP contribution is 2.36. The normalized spacial score (nSPS) is 12.3. The number of sulfonamides is 2. The molecule has 0 amide bonds. The van der Waals surface area contributed by atoms with Crippen molar-refractivity contribution in [3.63, 3.8) is 0 Å². The summed E-state index contributed by atoms with van der Waals surface area (Å²) in [5, 5.41) is 0. The van der Waals surface area contributed by atoms with E-state index >= 15 is 0 Å². The molecule has 39 heavy (non-hydrogen) atoms. The molecule has 0 bridgehead atoms. The van der Waals surface area contributed by atoms with Crippen LogP contribution < -0.4 is 14.2 Å². The van der Waals surface area contributed by atoms with Crippen LogP contribution in [0.4, 0.5) is 33.3 Å². The average Bonchev–Trinajstić information content (AvgIpc) is 3.27. The molecule has 0 saturated heterocycles. The van der Waals surface area contributed by atoms with Gasteiger partial charge in [0.25, 0.3) is 20.0 Å². The molecule has 0 saturated carbocycles. The number of anilines is 2. The number of rotatable bonds is 8. The number of nitrogens with one attached hydrogen (secondary N) is 2. The molecule has 0 aliphatic heterocycles.